The number of carbonyl (C=O) groups is 1. The minimum Gasteiger partial charge on any atom is -0.477 e. The molecule has 63 valence electrons. The molecule has 0 amide bonds. The third kappa shape index (κ3) is 1.72. The molecule has 0 saturated carbocycles. The molecule has 0 spiro atoms. The van der Waals surface area contributed by atoms with Crippen molar-refractivity contribution in [2.75, 3.05) is 19.0 Å². The molecule has 1 heterocycles. The first kappa shape index (κ1) is 8.52. The van der Waals surface area contributed by atoms with Crippen LogP contribution < -0.4 is 4.90 Å². The second-order valence-corrected chi connectivity index (χ2v) is 2.54. The summed E-state index contributed by atoms with van der Waals surface area (Å²) in [6.07, 6.45) is 2.52. The van der Waals surface area contributed by atoms with E-state index in [1.807, 2.05) is 14.1 Å². The number of pyridine rings is 1. The molecule has 0 aliphatic heterocycles. The summed E-state index contributed by atoms with van der Waals surface area (Å²) in [6.45, 7) is 0. The van der Waals surface area contributed by atoms with Gasteiger partial charge in [0.25, 0.3) is 0 Å². The molecule has 1 N–H and O–H groups in total. The summed E-state index contributed by atoms with van der Waals surface area (Å²) in [5.41, 5.74) is 0.795. The first-order chi connectivity index (χ1) is 5.61. The molecule has 1 aromatic rings. The van der Waals surface area contributed by atoms with Gasteiger partial charge in [0.05, 0.1) is 6.20 Å². The number of anilines is 1. The van der Waals surface area contributed by atoms with Crippen molar-refractivity contribution in [3.05, 3.63) is 24.0 Å². The Bertz CT molecular complexity index is 297. The van der Waals surface area contributed by atoms with Gasteiger partial charge in [0.1, 0.15) is 0 Å². The van der Waals surface area contributed by atoms with Gasteiger partial charge in [-0.25, -0.2) is 9.78 Å². The van der Waals surface area contributed by atoms with Crippen molar-refractivity contribution in [1.82, 2.24) is 4.98 Å². The van der Waals surface area contributed by atoms with Gasteiger partial charge < -0.3 is 10.0 Å². The highest BCUT2D eigenvalue weighted by atomic mass is 16.4. The average Bonchev–Trinajstić information content (AvgIpc) is 2.04. The van der Waals surface area contributed by atoms with Crippen LogP contribution in [0.1, 0.15) is 10.5 Å². The molecule has 0 unspecified atom stereocenters. The average molecular weight is 165 g/mol. The lowest BCUT2D eigenvalue weighted by Gasteiger charge is -2.11. The molecule has 1 radical (unpaired) electrons. The Labute approximate surface area is 70.5 Å². The van der Waals surface area contributed by atoms with Crippen molar-refractivity contribution in [1.29, 1.82) is 0 Å². The molecular formula is C8H9N2O2. The van der Waals surface area contributed by atoms with Crippen molar-refractivity contribution in [2.24, 2.45) is 0 Å². The summed E-state index contributed by atoms with van der Waals surface area (Å²) in [7, 11) is 3.66. The molecule has 0 aromatic carbocycles. The molecule has 4 nitrogen and oxygen atoms in total. The van der Waals surface area contributed by atoms with Crippen molar-refractivity contribution in [3.8, 4) is 0 Å². The summed E-state index contributed by atoms with van der Waals surface area (Å²) in [5.74, 6) is -1.03. The van der Waals surface area contributed by atoms with Crippen LogP contribution in [0.2, 0.25) is 0 Å². The highest BCUT2D eigenvalue weighted by Gasteiger charge is 2.05. The van der Waals surface area contributed by atoms with E-state index in [0.29, 0.717) is 0 Å². The fourth-order valence-corrected chi connectivity index (χ4v) is 0.750. The summed E-state index contributed by atoms with van der Waals surface area (Å²) >= 11 is 0. The van der Waals surface area contributed by atoms with E-state index in [2.05, 4.69) is 11.2 Å². The maximum atomic E-state index is 10.5. The number of carboxylic acids is 1. The van der Waals surface area contributed by atoms with Crippen LogP contribution in [0.4, 0.5) is 5.69 Å². The number of hydrogen-bond acceptors (Lipinski definition) is 3. The third-order valence-corrected chi connectivity index (χ3v) is 1.42. The summed E-state index contributed by atoms with van der Waals surface area (Å²) in [5, 5.41) is 8.59. The molecule has 0 fully saturated rings. The van der Waals surface area contributed by atoms with Crippen molar-refractivity contribution < 1.29 is 9.90 Å². The SMILES string of the molecule is CN(C)c1c[c]nc(C(=O)O)c1. The number of carboxylic acid groups (broad SMARTS) is 1. The largest absolute Gasteiger partial charge is 0.477 e. The van der Waals surface area contributed by atoms with Gasteiger partial charge >= 0.3 is 5.97 Å². The Balaban J connectivity index is 3.04. The van der Waals surface area contributed by atoms with Crippen LogP contribution >= 0.6 is 0 Å². The van der Waals surface area contributed by atoms with Gasteiger partial charge in [-0.2, -0.15) is 0 Å². The topological polar surface area (TPSA) is 53.4 Å². The van der Waals surface area contributed by atoms with E-state index in [9.17, 15) is 4.79 Å². The molecular weight excluding hydrogens is 156 g/mol. The molecule has 0 bridgehead atoms. The van der Waals surface area contributed by atoms with Gasteiger partial charge in [-0.3, -0.25) is 0 Å². The normalized spacial score (nSPS) is 9.50. The van der Waals surface area contributed by atoms with Gasteiger partial charge in [-0.15, -0.1) is 0 Å². The highest BCUT2D eigenvalue weighted by Crippen LogP contribution is 2.10. The fraction of sp³-hybridized carbons (Fsp3) is 0.250. The predicted octanol–water partition coefficient (Wildman–Crippen LogP) is 0.646. The number of aromatic carboxylic acids is 1. The number of aromatic nitrogens is 1. The highest BCUT2D eigenvalue weighted by molar-refractivity contribution is 5.86. The van der Waals surface area contributed by atoms with Gasteiger partial charge in [-0.05, 0) is 12.1 Å². The van der Waals surface area contributed by atoms with Crippen molar-refractivity contribution in [3.63, 3.8) is 0 Å². The lowest BCUT2D eigenvalue weighted by atomic mass is 10.3. The molecule has 0 aliphatic rings. The van der Waals surface area contributed by atoms with Crippen molar-refractivity contribution >= 4 is 11.7 Å². The zero-order chi connectivity index (χ0) is 9.14. The standard InChI is InChI=1S/C8H9N2O2/c1-10(2)6-3-4-9-7(5-6)8(11)12/h3,5H,1-2H3,(H,11,12). The van der Waals surface area contributed by atoms with Crippen LogP contribution in [0.3, 0.4) is 0 Å². The first-order valence-corrected chi connectivity index (χ1v) is 3.40. The van der Waals surface area contributed by atoms with Crippen molar-refractivity contribution in [2.45, 2.75) is 0 Å². The predicted molar refractivity (Wildman–Crippen MR) is 44.4 cm³/mol. The Hall–Kier alpha value is -1.58. The Morgan fingerprint density at radius 2 is 2.33 bits per heavy atom. The lowest BCUT2D eigenvalue weighted by Crippen LogP contribution is -2.10. The van der Waals surface area contributed by atoms with E-state index < -0.39 is 5.97 Å². The van der Waals surface area contributed by atoms with Crippen LogP contribution in [0.15, 0.2) is 12.1 Å². The zero-order valence-corrected chi connectivity index (χ0v) is 6.90. The summed E-state index contributed by atoms with van der Waals surface area (Å²) < 4.78 is 0. The van der Waals surface area contributed by atoms with E-state index in [0.717, 1.165) is 5.69 Å². The van der Waals surface area contributed by atoms with E-state index >= 15 is 0 Å². The van der Waals surface area contributed by atoms with Crippen LogP contribution in [0.25, 0.3) is 0 Å². The Morgan fingerprint density at radius 3 is 2.83 bits per heavy atom. The monoisotopic (exact) mass is 165 g/mol. The van der Waals surface area contributed by atoms with E-state index in [-0.39, 0.29) is 5.69 Å². The minimum atomic E-state index is -1.03. The second kappa shape index (κ2) is 3.21. The van der Waals surface area contributed by atoms with Crippen LogP contribution in [0, 0.1) is 6.20 Å². The van der Waals surface area contributed by atoms with E-state index in [4.69, 9.17) is 5.11 Å². The summed E-state index contributed by atoms with van der Waals surface area (Å²) in [4.78, 5) is 15.8. The van der Waals surface area contributed by atoms with E-state index in [1.54, 1.807) is 11.0 Å². The molecule has 1 rings (SSSR count). The van der Waals surface area contributed by atoms with Crippen LogP contribution in [0.5, 0.6) is 0 Å². The van der Waals surface area contributed by atoms with Gasteiger partial charge in [0, 0.05) is 19.8 Å². The molecule has 4 heteroatoms. The maximum absolute atomic E-state index is 10.5. The van der Waals surface area contributed by atoms with Gasteiger partial charge in [0.2, 0.25) is 0 Å². The smallest absolute Gasteiger partial charge is 0.354 e. The number of rotatable bonds is 2. The molecule has 0 saturated heterocycles. The first-order valence-electron chi connectivity index (χ1n) is 3.40. The maximum Gasteiger partial charge on any atom is 0.354 e. The van der Waals surface area contributed by atoms with E-state index in [1.165, 1.54) is 6.07 Å². The molecule has 0 atom stereocenters. The Kier molecular flexibility index (Phi) is 2.28. The molecule has 1 aromatic heterocycles. The van der Waals surface area contributed by atoms with Gasteiger partial charge in [-0.1, -0.05) is 0 Å². The van der Waals surface area contributed by atoms with Gasteiger partial charge in [0.15, 0.2) is 5.69 Å². The quantitative estimate of drug-likeness (QED) is 0.698. The molecule has 12 heavy (non-hydrogen) atoms. The number of hydrogen-bond donors (Lipinski definition) is 1. The summed E-state index contributed by atoms with van der Waals surface area (Å²) in [6, 6.07) is 3.13. The number of nitrogens with zero attached hydrogens (tertiary/aromatic N) is 2. The zero-order valence-electron chi connectivity index (χ0n) is 6.90. The van der Waals surface area contributed by atoms with Crippen LogP contribution in [-0.2, 0) is 0 Å². The lowest BCUT2D eigenvalue weighted by molar-refractivity contribution is 0.0690. The third-order valence-electron chi connectivity index (χ3n) is 1.42. The second-order valence-electron chi connectivity index (χ2n) is 2.54. The van der Waals surface area contributed by atoms with Crippen LogP contribution in [-0.4, -0.2) is 30.2 Å². The Morgan fingerprint density at radius 1 is 1.67 bits per heavy atom. The molecule has 0 aliphatic carbocycles. The minimum absolute atomic E-state index is 0.0150. The fourth-order valence-electron chi connectivity index (χ4n) is 0.750.